The summed E-state index contributed by atoms with van der Waals surface area (Å²) in [6.45, 7) is 1.98. The number of halogens is 2. The molecule has 7 heterocycles. The fourth-order valence-electron chi connectivity index (χ4n) is 4.40. The zero-order chi connectivity index (χ0) is 20.2. The van der Waals surface area contributed by atoms with Gasteiger partial charge in [-0.05, 0) is 18.6 Å². The number of nitrogens with one attached hydrogen (secondary N) is 1. The van der Waals surface area contributed by atoms with Gasteiger partial charge >= 0.3 is 0 Å². The summed E-state index contributed by atoms with van der Waals surface area (Å²) in [5, 5.41) is 21.7. The molecule has 4 aromatic rings. The Morgan fingerprint density at radius 1 is 1.03 bits per heavy atom. The van der Waals surface area contributed by atoms with E-state index in [4.69, 9.17) is 9.97 Å². The first-order valence-corrected chi connectivity index (χ1v) is 9.93. The van der Waals surface area contributed by atoms with Gasteiger partial charge in [-0.3, -0.25) is 4.68 Å². The van der Waals surface area contributed by atoms with E-state index in [0.717, 1.165) is 35.7 Å². The summed E-state index contributed by atoms with van der Waals surface area (Å²) >= 11 is 0. The summed E-state index contributed by atoms with van der Waals surface area (Å²) < 4.78 is 3.44. The van der Waals surface area contributed by atoms with Crippen molar-refractivity contribution in [3.8, 4) is 28.6 Å². The molecule has 164 valence electrons. The average Bonchev–Trinajstić information content (AvgIpc) is 3.39. The Hall–Kier alpha value is -3.19. The summed E-state index contributed by atoms with van der Waals surface area (Å²) in [5.41, 5.74) is 4.34. The molecule has 0 amide bonds. The lowest BCUT2D eigenvalue weighted by Gasteiger charge is -2.48. The molecule has 0 spiro atoms. The monoisotopic (exact) mass is 469 g/mol. The van der Waals surface area contributed by atoms with E-state index >= 15 is 0 Å². The molecule has 11 heteroatoms. The molecule has 7 rings (SSSR count). The molecule has 3 aliphatic rings. The molecule has 9 nitrogen and oxygen atoms in total. The Balaban J connectivity index is 0.00000122. The quantitative estimate of drug-likeness (QED) is 0.491. The van der Waals surface area contributed by atoms with Gasteiger partial charge in [0.25, 0.3) is 0 Å². The van der Waals surface area contributed by atoms with Crippen molar-refractivity contribution in [1.29, 1.82) is 5.26 Å². The van der Waals surface area contributed by atoms with Crippen LogP contribution in [0.4, 0.5) is 5.82 Å². The van der Waals surface area contributed by atoms with Crippen LogP contribution in [0.15, 0.2) is 43.1 Å². The Labute approximate surface area is 196 Å². The topological polar surface area (TPSA) is 100.0 Å². The smallest absolute Gasteiger partial charge is 0.128 e. The minimum absolute atomic E-state index is 0. The standard InChI is InChI=1S/C21H19N9.2ClH/c1-28-9-15(8-24-28)18-12-30-21(14(5-22)7-25-30)20(27-18)13-2-3-19(23-6-13)29-10-16-4-17(11-29)26-16;;/h2-3,6-9,12,16-17,26H,4,10-11H2,1H3;2*1H. The zero-order valence-electron chi connectivity index (χ0n) is 17.2. The van der Waals surface area contributed by atoms with Gasteiger partial charge in [0, 0.05) is 55.7 Å². The van der Waals surface area contributed by atoms with E-state index in [-0.39, 0.29) is 24.8 Å². The van der Waals surface area contributed by atoms with Crippen molar-refractivity contribution in [2.45, 2.75) is 18.5 Å². The minimum Gasteiger partial charge on any atom is -0.353 e. The van der Waals surface area contributed by atoms with E-state index in [9.17, 15) is 5.26 Å². The number of anilines is 1. The summed E-state index contributed by atoms with van der Waals surface area (Å²) in [7, 11) is 1.87. The van der Waals surface area contributed by atoms with Crippen LogP contribution in [-0.4, -0.2) is 54.5 Å². The van der Waals surface area contributed by atoms with E-state index in [0.29, 0.717) is 28.9 Å². The van der Waals surface area contributed by atoms with Gasteiger partial charge in [0.15, 0.2) is 0 Å². The molecule has 3 saturated heterocycles. The average molecular weight is 470 g/mol. The third kappa shape index (κ3) is 3.56. The van der Waals surface area contributed by atoms with Crippen LogP contribution in [0.2, 0.25) is 0 Å². The van der Waals surface area contributed by atoms with Gasteiger partial charge in [-0.2, -0.15) is 15.5 Å². The number of aryl methyl sites for hydroxylation is 1. The lowest BCUT2D eigenvalue weighted by atomic mass is 9.91. The molecule has 2 bridgehead atoms. The van der Waals surface area contributed by atoms with Crippen LogP contribution in [0.5, 0.6) is 0 Å². The van der Waals surface area contributed by atoms with Gasteiger partial charge in [0.05, 0.1) is 30.0 Å². The summed E-state index contributed by atoms with van der Waals surface area (Å²) in [5.74, 6) is 0.975. The van der Waals surface area contributed by atoms with Crippen molar-refractivity contribution in [3.05, 3.63) is 48.7 Å². The molecule has 0 aromatic carbocycles. The van der Waals surface area contributed by atoms with Gasteiger partial charge in [-0.15, -0.1) is 24.8 Å². The predicted octanol–water partition coefficient (Wildman–Crippen LogP) is 2.46. The van der Waals surface area contributed by atoms with Crippen LogP contribution in [0.25, 0.3) is 28.0 Å². The first kappa shape index (κ1) is 22.0. The summed E-state index contributed by atoms with van der Waals surface area (Å²) in [6, 6.07) is 7.44. The van der Waals surface area contributed by atoms with Crippen molar-refractivity contribution in [3.63, 3.8) is 0 Å². The summed E-state index contributed by atoms with van der Waals surface area (Å²) in [6.07, 6.45) is 10.2. The molecule has 3 aliphatic heterocycles. The molecule has 0 saturated carbocycles. The maximum absolute atomic E-state index is 9.56. The van der Waals surface area contributed by atoms with E-state index in [1.54, 1.807) is 21.6 Å². The van der Waals surface area contributed by atoms with Gasteiger partial charge in [0.1, 0.15) is 23.0 Å². The maximum atomic E-state index is 9.56. The third-order valence-corrected chi connectivity index (χ3v) is 5.88. The van der Waals surface area contributed by atoms with E-state index < -0.39 is 0 Å². The number of nitrogens with zero attached hydrogens (tertiary/aromatic N) is 8. The predicted molar refractivity (Wildman–Crippen MR) is 125 cm³/mol. The Morgan fingerprint density at radius 2 is 1.81 bits per heavy atom. The van der Waals surface area contributed by atoms with Gasteiger partial charge in [-0.1, -0.05) is 0 Å². The highest BCUT2D eigenvalue weighted by Crippen LogP contribution is 2.30. The first-order valence-electron chi connectivity index (χ1n) is 9.93. The Kier molecular flexibility index (Phi) is 5.77. The first-order chi connectivity index (χ1) is 14.7. The van der Waals surface area contributed by atoms with Crippen LogP contribution >= 0.6 is 24.8 Å². The minimum atomic E-state index is 0. The van der Waals surface area contributed by atoms with Gasteiger partial charge in [0.2, 0.25) is 0 Å². The highest BCUT2D eigenvalue weighted by atomic mass is 35.5. The maximum Gasteiger partial charge on any atom is 0.128 e. The zero-order valence-corrected chi connectivity index (χ0v) is 18.8. The Morgan fingerprint density at radius 3 is 2.44 bits per heavy atom. The van der Waals surface area contributed by atoms with Crippen LogP contribution < -0.4 is 10.2 Å². The SMILES string of the molecule is Cl.Cl.Cn1cc(-c2cn3ncc(C#N)c3c(-c3ccc(N4CC5CC(C4)N5)nc3)n2)cn1. The van der Waals surface area contributed by atoms with Crippen molar-refractivity contribution < 1.29 is 0 Å². The number of rotatable bonds is 3. The highest BCUT2D eigenvalue weighted by molar-refractivity contribution is 5.86. The lowest BCUT2D eigenvalue weighted by molar-refractivity contribution is 0.225. The fraction of sp³-hybridized carbons (Fsp3) is 0.286. The summed E-state index contributed by atoms with van der Waals surface area (Å²) in [4.78, 5) is 11.9. The van der Waals surface area contributed by atoms with Crippen molar-refractivity contribution in [2.24, 2.45) is 7.05 Å². The molecule has 1 N–H and O–H groups in total. The normalized spacial score (nSPS) is 18.9. The molecular weight excluding hydrogens is 449 g/mol. The van der Waals surface area contributed by atoms with Crippen LogP contribution in [0.1, 0.15) is 12.0 Å². The molecule has 0 radical (unpaired) electrons. The van der Waals surface area contributed by atoms with Crippen molar-refractivity contribution in [2.75, 3.05) is 18.0 Å². The molecule has 3 fully saturated rings. The molecule has 32 heavy (non-hydrogen) atoms. The second kappa shape index (κ2) is 8.39. The van der Waals surface area contributed by atoms with Gasteiger partial charge in [-0.25, -0.2) is 14.5 Å². The fourth-order valence-corrected chi connectivity index (χ4v) is 4.40. The molecule has 2 atom stereocenters. The molecule has 0 aliphatic carbocycles. The largest absolute Gasteiger partial charge is 0.353 e. The van der Waals surface area contributed by atoms with Crippen LogP contribution in [-0.2, 0) is 7.05 Å². The van der Waals surface area contributed by atoms with Crippen molar-refractivity contribution in [1.82, 2.24) is 34.7 Å². The third-order valence-electron chi connectivity index (χ3n) is 5.88. The van der Waals surface area contributed by atoms with E-state index in [1.807, 2.05) is 37.8 Å². The number of hydrogen-bond acceptors (Lipinski definition) is 7. The number of piperidine rings is 1. The highest BCUT2D eigenvalue weighted by Gasteiger charge is 2.36. The second-order valence-electron chi connectivity index (χ2n) is 7.95. The molecular formula is C21H21Cl2N9. The van der Waals surface area contributed by atoms with E-state index in [1.165, 1.54) is 6.42 Å². The number of fused-ring (bicyclic) bond motifs is 3. The number of hydrogen-bond donors (Lipinski definition) is 1. The Bertz CT molecular complexity index is 1290. The van der Waals surface area contributed by atoms with Gasteiger partial charge < -0.3 is 10.2 Å². The number of nitriles is 1. The lowest BCUT2D eigenvalue weighted by Crippen LogP contribution is -2.67. The second-order valence-corrected chi connectivity index (χ2v) is 7.95. The molecule has 2 unspecified atom stereocenters. The number of piperazine rings is 1. The van der Waals surface area contributed by atoms with E-state index in [2.05, 4.69) is 26.5 Å². The number of pyridine rings is 1. The van der Waals surface area contributed by atoms with Crippen molar-refractivity contribution >= 4 is 36.1 Å². The van der Waals surface area contributed by atoms with Crippen LogP contribution in [0.3, 0.4) is 0 Å². The number of aromatic nitrogens is 6. The molecule has 4 aromatic heterocycles. The van der Waals surface area contributed by atoms with Crippen LogP contribution in [0, 0.1) is 11.3 Å².